The summed E-state index contributed by atoms with van der Waals surface area (Å²) in [6.45, 7) is 2.91. The molecular weight excluding hydrogens is 160 g/mol. The van der Waals surface area contributed by atoms with Crippen LogP contribution in [-0.4, -0.2) is 12.7 Å². The lowest BCUT2D eigenvalue weighted by molar-refractivity contribution is -0.0101. The molecule has 0 radical (unpaired) electrons. The maximum Gasteiger partial charge on any atom is 0.0643 e. The van der Waals surface area contributed by atoms with Gasteiger partial charge in [0.25, 0.3) is 0 Å². The normalized spacial score (nSPS) is 26.8. The summed E-state index contributed by atoms with van der Waals surface area (Å²) in [5, 5.41) is 0. The Morgan fingerprint density at radius 2 is 2.00 bits per heavy atom. The maximum absolute atomic E-state index is 5.64. The number of benzene rings is 1. The predicted molar refractivity (Wildman–Crippen MR) is 53.8 cm³/mol. The molecule has 1 aromatic carbocycles. The molecule has 1 saturated carbocycles. The van der Waals surface area contributed by atoms with Crippen molar-refractivity contribution in [3.8, 4) is 0 Å². The van der Waals surface area contributed by atoms with Gasteiger partial charge in [0.15, 0.2) is 0 Å². The lowest BCUT2D eigenvalue weighted by Gasteiger charge is -2.36. The van der Waals surface area contributed by atoms with Crippen LogP contribution in [0.3, 0.4) is 0 Å². The Morgan fingerprint density at radius 1 is 1.23 bits per heavy atom. The van der Waals surface area contributed by atoms with E-state index in [-0.39, 0.29) is 0 Å². The van der Waals surface area contributed by atoms with Crippen molar-refractivity contribution in [2.45, 2.75) is 31.8 Å². The molecule has 0 saturated heterocycles. The van der Waals surface area contributed by atoms with Gasteiger partial charge in [0.1, 0.15) is 0 Å². The standard InChI is InChI=1S/C12H16O/c1-2-13-12-9-8-11(12)10-6-4-3-5-7-10/h3-7,11-12H,2,8-9H2,1H3. The van der Waals surface area contributed by atoms with Gasteiger partial charge in [-0.3, -0.25) is 0 Å². The number of rotatable bonds is 3. The van der Waals surface area contributed by atoms with Crippen LogP contribution in [0, 0.1) is 0 Å². The Kier molecular flexibility index (Phi) is 2.65. The van der Waals surface area contributed by atoms with Crippen molar-refractivity contribution in [3.63, 3.8) is 0 Å². The lowest BCUT2D eigenvalue weighted by atomic mass is 9.77. The van der Waals surface area contributed by atoms with Crippen molar-refractivity contribution in [1.29, 1.82) is 0 Å². The third-order valence-electron chi connectivity index (χ3n) is 2.82. The molecule has 0 N–H and O–H groups in total. The van der Waals surface area contributed by atoms with E-state index < -0.39 is 0 Å². The second-order valence-corrected chi connectivity index (χ2v) is 3.59. The fraction of sp³-hybridized carbons (Fsp3) is 0.500. The van der Waals surface area contributed by atoms with Gasteiger partial charge in [-0.25, -0.2) is 0 Å². The molecule has 0 bridgehead atoms. The number of hydrogen-bond acceptors (Lipinski definition) is 1. The summed E-state index contributed by atoms with van der Waals surface area (Å²) >= 11 is 0. The van der Waals surface area contributed by atoms with Crippen LogP contribution < -0.4 is 0 Å². The van der Waals surface area contributed by atoms with Crippen LogP contribution in [0.15, 0.2) is 30.3 Å². The first-order chi connectivity index (χ1) is 6.42. The molecule has 0 heterocycles. The van der Waals surface area contributed by atoms with Crippen LogP contribution in [0.5, 0.6) is 0 Å². The monoisotopic (exact) mass is 176 g/mol. The van der Waals surface area contributed by atoms with Gasteiger partial charge >= 0.3 is 0 Å². The first kappa shape index (κ1) is 8.76. The van der Waals surface area contributed by atoms with E-state index in [9.17, 15) is 0 Å². The van der Waals surface area contributed by atoms with E-state index in [4.69, 9.17) is 4.74 Å². The van der Waals surface area contributed by atoms with Crippen LogP contribution >= 0.6 is 0 Å². The molecule has 1 aliphatic rings. The van der Waals surface area contributed by atoms with E-state index in [1.165, 1.54) is 18.4 Å². The topological polar surface area (TPSA) is 9.23 Å². The molecule has 1 aliphatic carbocycles. The zero-order chi connectivity index (χ0) is 9.10. The summed E-state index contributed by atoms with van der Waals surface area (Å²) < 4.78 is 5.64. The Labute approximate surface area is 79.7 Å². The first-order valence-corrected chi connectivity index (χ1v) is 5.08. The number of ether oxygens (including phenoxy) is 1. The highest BCUT2D eigenvalue weighted by atomic mass is 16.5. The summed E-state index contributed by atoms with van der Waals surface area (Å²) in [5.41, 5.74) is 1.44. The van der Waals surface area contributed by atoms with Gasteiger partial charge in [-0.2, -0.15) is 0 Å². The summed E-state index contributed by atoms with van der Waals surface area (Å²) in [6, 6.07) is 10.7. The summed E-state index contributed by atoms with van der Waals surface area (Å²) in [7, 11) is 0. The molecule has 0 aromatic heterocycles. The number of hydrogen-bond donors (Lipinski definition) is 0. The Bertz CT molecular complexity index is 255. The molecular formula is C12H16O. The van der Waals surface area contributed by atoms with Crippen molar-refractivity contribution in [2.24, 2.45) is 0 Å². The van der Waals surface area contributed by atoms with Gasteiger partial charge in [0, 0.05) is 12.5 Å². The van der Waals surface area contributed by atoms with Crippen molar-refractivity contribution in [1.82, 2.24) is 0 Å². The third-order valence-corrected chi connectivity index (χ3v) is 2.82. The van der Waals surface area contributed by atoms with Gasteiger partial charge in [-0.1, -0.05) is 30.3 Å². The molecule has 2 rings (SSSR count). The van der Waals surface area contributed by atoms with E-state index in [1.807, 2.05) is 0 Å². The SMILES string of the molecule is CCOC1CCC1c1ccccc1. The van der Waals surface area contributed by atoms with E-state index in [1.54, 1.807) is 0 Å². The smallest absolute Gasteiger partial charge is 0.0643 e. The average Bonchev–Trinajstić information content (AvgIpc) is 2.14. The molecule has 1 fully saturated rings. The third kappa shape index (κ3) is 1.75. The summed E-state index contributed by atoms with van der Waals surface area (Å²) in [6.07, 6.45) is 3.00. The lowest BCUT2D eigenvalue weighted by Crippen LogP contribution is -2.32. The first-order valence-electron chi connectivity index (χ1n) is 5.08. The summed E-state index contributed by atoms with van der Waals surface area (Å²) in [5.74, 6) is 0.654. The van der Waals surface area contributed by atoms with Gasteiger partial charge in [0.05, 0.1) is 6.10 Å². The Balaban J connectivity index is 2.02. The zero-order valence-electron chi connectivity index (χ0n) is 8.07. The zero-order valence-corrected chi connectivity index (χ0v) is 8.07. The largest absolute Gasteiger partial charge is 0.378 e. The second-order valence-electron chi connectivity index (χ2n) is 3.59. The molecule has 0 aliphatic heterocycles. The van der Waals surface area contributed by atoms with Crippen molar-refractivity contribution in [3.05, 3.63) is 35.9 Å². The molecule has 1 aromatic rings. The highest BCUT2D eigenvalue weighted by Crippen LogP contribution is 2.38. The van der Waals surface area contributed by atoms with Crippen LogP contribution in [0.2, 0.25) is 0 Å². The minimum absolute atomic E-state index is 0.479. The van der Waals surface area contributed by atoms with Crippen molar-refractivity contribution < 1.29 is 4.74 Å². The quantitative estimate of drug-likeness (QED) is 0.688. The molecule has 70 valence electrons. The van der Waals surface area contributed by atoms with E-state index in [2.05, 4.69) is 37.3 Å². The average molecular weight is 176 g/mol. The predicted octanol–water partition coefficient (Wildman–Crippen LogP) is 2.97. The maximum atomic E-state index is 5.64. The van der Waals surface area contributed by atoms with Gasteiger partial charge in [-0.15, -0.1) is 0 Å². The van der Waals surface area contributed by atoms with E-state index >= 15 is 0 Å². The van der Waals surface area contributed by atoms with Crippen LogP contribution in [0.4, 0.5) is 0 Å². The fourth-order valence-corrected chi connectivity index (χ4v) is 1.96. The van der Waals surface area contributed by atoms with Gasteiger partial charge in [-0.05, 0) is 25.3 Å². The Hall–Kier alpha value is -0.820. The van der Waals surface area contributed by atoms with Crippen LogP contribution in [0.25, 0.3) is 0 Å². The highest BCUT2D eigenvalue weighted by Gasteiger charge is 2.32. The molecule has 1 heteroatoms. The van der Waals surface area contributed by atoms with Gasteiger partial charge in [0.2, 0.25) is 0 Å². The molecule has 0 spiro atoms. The fourth-order valence-electron chi connectivity index (χ4n) is 1.96. The Morgan fingerprint density at radius 3 is 2.54 bits per heavy atom. The highest BCUT2D eigenvalue weighted by molar-refractivity contribution is 5.23. The summed E-state index contributed by atoms with van der Waals surface area (Å²) in [4.78, 5) is 0. The second kappa shape index (κ2) is 3.93. The molecule has 2 atom stereocenters. The minimum atomic E-state index is 0.479. The minimum Gasteiger partial charge on any atom is -0.378 e. The molecule has 0 amide bonds. The van der Waals surface area contributed by atoms with Crippen molar-refractivity contribution in [2.75, 3.05) is 6.61 Å². The molecule has 1 nitrogen and oxygen atoms in total. The van der Waals surface area contributed by atoms with Gasteiger partial charge < -0.3 is 4.74 Å². The van der Waals surface area contributed by atoms with E-state index in [0.29, 0.717) is 12.0 Å². The molecule has 2 unspecified atom stereocenters. The van der Waals surface area contributed by atoms with Crippen LogP contribution in [0.1, 0.15) is 31.2 Å². The van der Waals surface area contributed by atoms with Crippen molar-refractivity contribution >= 4 is 0 Å². The van der Waals surface area contributed by atoms with E-state index in [0.717, 1.165) is 6.61 Å². The molecule has 13 heavy (non-hydrogen) atoms. The van der Waals surface area contributed by atoms with Crippen LogP contribution in [-0.2, 0) is 4.74 Å².